The number of nitrogens with zero attached hydrogens (tertiary/aromatic N) is 3. The van der Waals surface area contributed by atoms with Crippen LogP contribution in [0, 0.1) is 0 Å². The van der Waals surface area contributed by atoms with Gasteiger partial charge in [-0.25, -0.2) is 0 Å². The first-order chi connectivity index (χ1) is 10.8. The van der Waals surface area contributed by atoms with Crippen LogP contribution in [0.3, 0.4) is 0 Å². The average molecular weight is 307 g/mol. The third-order valence-electron chi connectivity index (χ3n) is 5.64. The maximum atomic E-state index is 6.15. The Balaban J connectivity index is 1.41. The normalized spacial score (nSPS) is 28.8. The van der Waals surface area contributed by atoms with E-state index in [0.717, 1.165) is 51.3 Å². The number of methoxy groups -OCH3 is 1. The fraction of sp³-hybridized carbons (Fsp3) is 0.875. The van der Waals surface area contributed by atoms with E-state index in [9.17, 15) is 0 Å². The molecule has 1 aliphatic carbocycles. The number of anilines is 1. The van der Waals surface area contributed by atoms with Gasteiger partial charge < -0.3 is 18.8 Å². The zero-order valence-electron chi connectivity index (χ0n) is 13.3. The lowest BCUT2D eigenvalue weighted by Gasteiger charge is -2.47. The second-order valence-corrected chi connectivity index (χ2v) is 6.82. The van der Waals surface area contributed by atoms with E-state index < -0.39 is 0 Å². The van der Waals surface area contributed by atoms with Gasteiger partial charge in [-0.2, -0.15) is 0 Å². The fourth-order valence-electron chi connectivity index (χ4n) is 3.95. The van der Waals surface area contributed by atoms with E-state index in [1.54, 1.807) is 7.11 Å². The van der Waals surface area contributed by atoms with Crippen LogP contribution in [0.25, 0.3) is 0 Å². The molecule has 0 unspecified atom stereocenters. The Morgan fingerprint density at radius 1 is 1.14 bits per heavy atom. The average Bonchev–Trinajstić information content (AvgIpc) is 2.96. The van der Waals surface area contributed by atoms with Crippen molar-refractivity contribution in [3.05, 3.63) is 5.89 Å². The summed E-state index contributed by atoms with van der Waals surface area (Å²) in [5.41, 5.74) is -0.111. The monoisotopic (exact) mass is 307 g/mol. The molecule has 2 saturated heterocycles. The van der Waals surface area contributed by atoms with Gasteiger partial charge in [-0.1, -0.05) is 11.5 Å². The molecule has 122 valence electrons. The molecule has 3 fully saturated rings. The van der Waals surface area contributed by atoms with Crippen molar-refractivity contribution in [2.24, 2.45) is 0 Å². The Bertz CT molecular complexity index is 506. The molecule has 0 aromatic carbocycles. The van der Waals surface area contributed by atoms with Crippen LogP contribution in [0.4, 0.5) is 6.01 Å². The van der Waals surface area contributed by atoms with Crippen molar-refractivity contribution in [2.45, 2.75) is 62.6 Å². The van der Waals surface area contributed by atoms with Crippen molar-refractivity contribution in [2.75, 3.05) is 31.7 Å². The van der Waals surface area contributed by atoms with Crippen molar-refractivity contribution in [3.63, 3.8) is 0 Å². The van der Waals surface area contributed by atoms with Crippen LogP contribution in [-0.2, 0) is 9.47 Å². The number of aromatic nitrogens is 2. The summed E-state index contributed by atoms with van der Waals surface area (Å²) in [6.45, 7) is 2.64. The largest absolute Gasteiger partial charge is 0.408 e. The van der Waals surface area contributed by atoms with E-state index in [1.807, 2.05) is 0 Å². The Kier molecular flexibility index (Phi) is 3.82. The van der Waals surface area contributed by atoms with Crippen LogP contribution < -0.4 is 4.90 Å². The Morgan fingerprint density at radius 2 is 1.95 bits per heavy atom. The van der Waals surface area contributed by atoms with Crippen molar-refractivity contribution >= 4 is 6.01 Å². The van der Waals surface area contributed by atoms with Gasteiger partial charge in [0, 0.05) is 32.7 Å². The van der Waals surface area contributed by atoms with Crippen LogP contribution in [0.15, 0.2) is 4.42 Å². The minimum Gasteiger partial charge on any atom is -0.408 e. The van der Waals surface area contributed by atoms with Gasteiger partial charge in [0.25, 0.3) is 0 Å². The molecule has 1 aromatic rings. The third-order valence-corrected chi connectivity index (χ3v) is 5.64. The summed E-state index contributed by atoms with van der Waals surface area (Å²) < 4.78 is 17.7. The predicted molar refractivity (Wildman–Crippen MR) is 81.1 cm³/mol. The Labute approximate surface area is 131 Å². The molecule has 0 N–H and O–H groups in total. The SMILES string of the molecule is CO[C@H]1CCCOC12CCN(c1nnc(C3CCC3)o1)CC2. The molecule has 1 aromatic heterocycles. The lowest BCUT2D eigenvalue weighted by molar-refractivity contribution is -0.175. The number of hydrogen-bond donors (Lipinski definition) is 0. The van der Waals surface area contributed by atoms with Gasteiger partial charge in [-0.3, -0.25) is 0 Å². The summed E-state index contributed by atoms with van der Waals surface area (Å²) in [5.74, 6) is 1.32. The second kappa shape index (κ2) is 5.81. The van der Waals surface area contributed by atoms with Gasteiger partial charge in [0.2, 0.25) is 5.89 Å². The van der Waals surface area contributed by atoms with Crippen molar-refractivity contribution < 1.29 is 13.9 Å². The molecule has 6 nitrogen and oxygen atoms in total. The predicted octanol–water partition coefficient (Wildman–Crippen LogP) is 2.50. The van der Waals surface area contributed by atoms with E-state index in [2.05, 4.69) is 15.1 Å². The van der Waals surface area contributed by atoms with Gasteiger partial charge >= 0.3 is 6.01 Å². The lowest BCUT2D eigenvalue weighted by atomic mass is 9.82. The maximum absolute atomic E-state index is 6.15. The van der Waals surface area contributed by atoms with Gasteiger partial charge in [0.05, 0.1) is 11.7 Å². The van der Waals surface area contributed by atoms with Crippen molar-refractivity contribution in [3.8, 4) is 0 Å². The maximum Gasteiger partial charge on any atom is 0.318 e. The topological polar surface area (TPSA) is 60.6 Å². The van der Waals surface area contributed by atoms with Crippen LogP contribution in [0.5, 0.6) is 0 Å². The fourth-order valence-corrected chi connectivity index (χ4v) is 3.95. The highest BCUT2D eigenvalue weighted by atomic mass is 16.5. The highest BCUT2D eigenvalue weighted by Gasteiger charge is 2.45. The summed E-state index contributed by atoms with van der Waals surface area (Å²) in [6.07, 6.45) is 8.00. The molecule has 0 amide bonds. The molecule has 1 saturated carbocycles. The number of piperidine rings is 1. The first kappa shape index (κ1) is 14.5. The molecule has 2 aliphatic heterocycles. The van der Waals surface area contributed by atoms with Crippen LogP contribution >= 0.6 is 0 Å². The molecule has 4 rings (SSSR count). The highest BCUT2D eigenvalue weighted by Crippen LogP contribution is 2.39. The molecular formula is C16H25N3O3. The van der Waals surface area contributed by atoms with Crippen LogP contribution in [0.1, 0.15) is 56.8 Å². The molecule has 0 radical (unpaired) electrons. The Hall–Kier alpha value is -1.14. The molecule has 3 aliphatic rings. The van der Waals surface area contributed by atoms with E-state index in [1.165, 1.54) is 19.3 Å². The molecule has 1 spiro atoms. The number of ether oxygens (including phenoxy) is 2. The summed E-state index contributed by atoms with van der Waals surface area (Å²) in [5, 5.41) is 8.49. The summed E-state index contributed by atoms with van der Waals surface area (Å²) in [6, 6.07) is 0.682. The van der Waals surface area contributed by atoms with E-state index >= 15 is 0 Å². The van der Waals surface area contributed by atoms with Crippen molar-refractivity contribution in [1.29, 1.82) is 0 Å². The first-order valence-corrected chi connectivity index (χ1v) is 8.56. The summed E-state index contributed by atoms with van der Waals surface area (Å²) in [4.78, 5) is 2.20. The molecule has 0 bridgehead atoms. The van der Waals surface area contributed by atoms with Gasteiger partial charge in [-0.05, 0) is 38.5 Å². The standard InChI is InChI=1S/C16H25N3O3/c1-20-13-6-3-11-21-16(13)7-9-19(10-8-16)15-18-17-14(22-15)12-4-2-5-12/h12-13H,2-11H2,1H3/t13-/m0/s1. The molecule has 1 atom stereocenters. The molecule has 22 heavy (non-hydrogen) atoms. The lowest BCUT2D eigenvalue weighted by Crippen LogP contribution is -2.56. The smallest absolute Gasteiger partial charge is 0.318 e. The Morgan fingerprint density at radius 3 is 2.64 bits per heavy atom. The zero-order chi connectivity index (χ0) is 15.0. The van der Waals surface area contributed by atoms with Crippen LogP contribution in [0.2, 0.25) is 0 Å². The quantitative estimate of drug-likeness (QED) is 0.855. The third kappa shape index (κ3) is 2.42. The first-order valence-electron chi connectivity index (χ1n) is 8.56. The summed E-state index contributed by atoms with van der Waals surface area (Å²) in [7, 11) is 1.80. The van der Waals surface area contributed by atoms with Gasteiger partial charge in [0.15, 0.2) is 0 Å². The molecule has 6 heteroatoms. The minimum atomic E-state index is -0.111. The van der Waals surface area contributed by atoms with E-state index in [4.69, 9.17) is 13.9 Å². The van der Waals surface area contributed by atoms with Crippen molar-refractivity contribution in [1.82, 2.24) is 10.2 Å². The minimum absolute atomic E-state index is 0.111. The summed E-state index contributed by atoms with van der Waals surface area (Å²) >= 11 is 0. The molecule has 3 heterocycles. The van der Waals surface area contributed by atoms with Crippen LogP contribution in [-0.4, -0.2) is 48.7 Å². The van der Waals surface area contributed by atoms with Gasteiger partial charge in [0.1, 0.15) is 0 Å². The number of rotatable bonds is 3. The molecular weight excluding hydrogens is 282 g/mol. The zero-order valence-corrected chi connectivity index (χ0v) is 13.3. The second-order valence-electron chi connectivity index (χ2n) is 6.82. The van der Waals surface area contributed by atoms with Gasteiger partial charge in [-0.15, -0.1) is 5.10 Å². The van der Waals surface area contributed by atoms with E-state index in [0.29, 0.717) is 11.9 Å². The number of hydrogen-bond acceptors (Lipinski definition) is 6. The highest BCUT2D eigenvalue weighted by molar-refractivity contribution is 5.27. The van der Waals surface area contributed by atoms with E-state index in [-0.39, 0.29) is 11.7 Å².